The van der Waals surface area contributed by atoms with Crippen LogP contribution >= 0.6 is 8.25 Å². The van der Waals surface area contributed by atoms with Crippen LogP contribution in [-0.2, 0) is 13.6 Å². The summed E-state index contributed by atoms with van der Waals surface area (Å²) in [5.74, 6) is 8.40. The fraction of sp³-hybridized carbons (Fsp3) is 1.00. The van der Waals surface area contributed by atoms with Gasteiger partial charge in [0.05, 0.1) is 98.7 Å². The lowest BCUT2D eigenvalue weighted by Gasteiger charge is -2.38. The highest BCUT2D eigenvalue weighted by molar-refractivity contribution is 7.33. The molecule has 10 saturated heterocycles. The topological polar surface area (TPSA) is 228 Å². The molecule has 19 nitrogen and oxygen atoms in total. The summed E-state index contributed by atoms with van der Waals surface area (Å²) in [5.41, 5.74) is 0. The third kappa shape index (κ3) is 9.99. The van der Waals surface area contributed by atoms with Gasteiger partial charge in [-0.3, -0.25) is 85.1 Å². The highest BCUT2D eigenvalue weighted by Gasteiger charge is 2.61. The highest BCUT2D eigenvalue weighted by atomic mass is 31.1. The Kier molecular flexibility index (Phi) is 15.7. The molecule has 84 heavy (non-hydrogen) atoms. The molecule has 20 heteroatoms. The Morgan fingerprint density at radius 1 is 0.190 bits per heavy atom. The van der Waals surface area contributed by atoms with Gasteiger partial charge in [0, 0.05) is 16.4 Å². The molecule has 0 amide bonds. The summed E-state index contributed by atoms with van der Waals surface area (Å²) in [7, 11) is -2.40. The molecule has 0 aromatic rings. The Hall–Kier alpha value is -0.620. The van der Waals surface area contributed by atoms with E-state index in [4.69, 9.17) is 9.05 Å². The first-order chi connectivity index (χ1) is 41.5. The molecule has 18 aliphatic rings. The number of fused-ring (bicyclic) bond motifs is 40. The molecule has 8 saturated carbocycles. The standard InChI is InChI=1S/C64H110N16O3P/c81-84(82-45-29-13-27-43-47(45)63-77-59-41-25-11-9-23-39(41)55(73-59)69-51-33-17-3-1-15-31(33)49(65-51)67-53-35-19-5-7-21-37(35)57(71-53)75-61(43)79-63)83-46-30-14-28-44-48(46)64-78-60-42-26-12-10-24-40(42)56(74-60)70-52-34-18-4-2-16-32(34)50(66-52)68-54-36-20-6-8-22-38(36)58(72-54)76-62(44)80-64/h31-80H,1-30H2/q+1. The zero-order chi connectivity index (χ0) is 55.1. The first-order valence-electron chi connectivity index (χ1n) is 36.5. The molecule has 16 bridgehead atoms. The van der Waals surface area contributed by atoms with Crippen molar-refractivity contribution >= 4 is 8.25 Å². The lowest BCUT2D eigenvalue weighted by Crippen LogP contribution is -2.62. The molecule has 18 rings (SSSR count). The maximum Gasteiger partial charge on any atom is 0.697 e. The minimum absolute atomic E-state index is 0.0175. The summed E-state index contributed by atoms with van der Waals surface area (Å²) < 4.78 is 29.5. The second kappa shape index (κ2) is 23.5. The monoisotopic (exact) mass is 1180 g/mol. The van der Waals surface area contributed by atoms with Crippen LogP contribution in [0.4, 0.5) is 0 Å². The Morgan fingerprint density at radius 2 is 0.345 bits per heavy atom. The van der Waals surface area contributed by atoms with Crippen LogP contribution in [0.5, 0.6) is 0 Å². The Balaban J connectivity index is 0.620. The van der Waals surface area contributed by atoms with Crippen molar-refractivity contribution in [3.63, 3.8) is 0 Å². The molecule has 8 aliphatic carbocycles. The quantitative estimate of drug-likeness (QED) is 0.169. The molecule has 10 heterocycles. The summed E-state index contributed by atoms with van der Waals surface area (Å²) in [6, 6.07) is 0. The Labute approximate surface area is 503 Å². The van der Waals surface area contributed by atoms with E-state index >= 15 is 4.57 Å². The Morgan fingerprint density at radius 3 is 0.536 bits per heavy atom. The van der Waals surface area contributed by atoms with Crippen molar-refractivity contribution in [3.05, 3.63) is 0 Å². The van der Waals surface area contributed by atoms with Crippen molar-refractivity contribution in [2.75, 3.05) is 0 Å². The van der Waals surface area contributed by atoms with E-state index in [9.17, 15) is 0 Å². The predicted molar refractivity (Wildman–Crippen MR) is 322 cm³/mol. The van der Waals surface area contributed by atoms with E-state index in [-0.39, 0.29) is 85.7 Å². The number of rotatable bonds is 4. The third-order valence-corrected chi connectivity index (χ3v) is 29.0. The van der Waals surface area contributed by atoms with Gasteiger partial charge < -0.3 is 0 Å². The summed E-state index contributed by atoms with van der Waals surface area (Å²) in [6.45, 7) is 0. The number of hydrogen-bond donors (Lipinski definition) is 16. The van der Waals surface area contributed by atoms with Gasteiger partial charge in [0.1, 0.15) is 12.2 Å². The van der Waals surface area contributed by atoms with Gasteiger partial charge in [-0.15, -0.1) is 9.05 Å². The molecule has 468 valence electrons. The van der Waals surface area contributed by atoms with E-state index in [1.54, 1.807) is 0 Å². The van der Waals surface area contributed by atoms with Crippen molar-refractivity contribution in [1.82, 2.24) is 85.1 Å². The molecular formula is C64H110N16O3P+. The second-order valence-corrected chi connectivity index (χ2v) is 32.7. The molecule has 34 unspecified atom stereocenters. The van der Waals surface area contributed by atoms with Crippen LogP contribution in [-0.4, -0.2) is 111 Å². The molecular weight excluding hydrogens is 1070 g/mol. The molecule has 0 radical (unpaired) electrons. The van der Waals surface area contributed by atoms with Gasteiger partial charge in [0.25, 0.3) is 0 Å². The summed E-state index contributed by atoms with van der Waals surface area (Å²) >= 11 is 0. The van der Waals surface area contributed by atoms with E-state index in [1.807, 2.05) is 0 Å². The van der Waals surface area contributed by atoms with Crippen LogP contribution in [0.3, 0.4) is 0 Å². The van der Waals surface area contributed by atoms with Gasteiger partial charge >= 0.3 is 8.25 Å². The van der Waals surface area contributed by atoms with E-state index in [2.05, 4.69) is 85.1 Å². The lowest BCUT2D eigenvalue weighted by atomic mass is 9.75. The van der Waals surface area contributed by atoms with Crippen LogP contribution in [0.1, 0.15) is 193 Å². The zero-order valence-corrected chi connectivity index (χ0v) is 51.4. The molecule has 10 aliphatic heterocycles. The summed E-state index contributed by atoms with van der Waals surface area (Å²) in [5, 5.41) is 69.0. The zero-order valence-electron chi connectivity index (χ0n) is 50.5. The van der Waals surface area contributed by atoms with Crippen molar-refractivity contribution in [2.45, 2.75) is 303 Å². The highest BCUT2D eigenvalue weighted by Crippen LogP contribution is 2.52. The van der Waals surface area contributed by atoms with E-state index in [0.717, 1.165) is 38.5 Å². The van der Waals surface area contributed by atoms with E-state index in [0.29, 0.717) is 120 Å². The first kappa shape index (κ1) is 56.2. The minimum Gasteiger partial charge on any atom is -0.286 e. The molecule has 0 aromatic heterocycles. The summed E-state index contributed by atoms with van der Waals surface area (Å²) in [6.07, 6.45) is 40.9. The van der Waals surface area contributed by atoms with E-state index in [1.165, 1.54) is 154 Å². The van der Waals surface area contributed by atoms with Gasteiger partial charge in [0.15, 0.2) is 0 Å². The molecule has 0 spiro atoms. The van der Waals surface area contributed by atoms with Crippen molar-refractivity contribution in [2.24, 2.45) is 94.7 Å². The van der Waals surface area contributed by atoms with Gasteiger partial charge in [0.2, 0.25) is 0 Å². The third-order valence-electron chi connectivity index (χ3n) is 28.1. The average Bonchev–Trinajstić information content (AvgIpc) is 4.27. The second-order valence-electron chi connectivity index (χ2n) is 31.8. The first-order valence-corrected chi connectivity index (χ1v) is 37.6. The number of hydrogen-bond acceptors (Lipinski definition) is 19. The largest absolute Gasteiger partial charge is 0.697 e. The molecule has 34 atom stereocenters. The van der Waals surface area contributed by atoms with Crippen LogP contribution in [0.25, 0.3) is 0 Å². The maximum absolute atomic E-state index is 15.3. The molecule has 0 aromatic carbocycles. The normalized spacial score (nSPS) is 57.6. The fourth-order valence-corrected chi connectivity index (χ4v) is 25.5. The molecule has 18 fully saturated rings. The van der Waals surface area contributed by atoms with Crippen LogP contribution in [0, 0.1) is 94.7 Å². The lowest BCUT2D eigenvalue weighted by molar-refractivity contribution is 0.00448. The fourth-order valence-electron chi connectivity index (χ4n) is 24.5. The van der Waals surface area contributed by atoms with Crippen molar-refractivity contribution < 1.29 is 13.6 Å². The average molecular weight is 1180 g/mol. The molecule has 16 N–H and O–H groups in total. The van der Waals surface area contributed by atoms with Gasteiger partial charge in [-0.25, -0.2) is 0 Å². The minimum atomic E-state index is -2.40. The Bertz CT molecular complexity index is 2200. The van der Waals surface area contributed by atoms with Crippen LogP contribution < -0.4 is 85.1 Å². The van der Waals surface area contributed by atoms with Crippen molar-refractivity contribution in [3.8, 4) is 0 Å². The summed E-state index contributed by atoms with van der Waals surface area (Å²) in [4.78, 5) is 0. The van der Waals surface area contributed by atoms with E-state index < -0.39 is 8.25 Å². The maximum atomic E-state index is 15.3. The van der Waals surface area contributed by atoms with Gasteiger partial charge in [-0.05, 0) is 186 Å². The predicted octanol–water partition coefficient (Wildman–Crippen LogP) is 4.87. The van der Waals surface area contributed by atoms with Gasteiger partial charge in [-0.1, -0.05) is 89.9 Å². The van der Waals surface area contributed by atoms with Crippen LogP contribution in [0.15, 0.2) is 0 Å². The SMILES string of the molecule is O=[P+](OC1CCCC2C3NC4NC(NC5NC(NC6NC(NC(N3)C12)C1CCCCC61)C1CCCCC51)C1CCCCC41)OC1CCCC2C3NC4NC(NC5NC(NC6NC(NC(N3)C12)C1CCCCC61)C1CCCCC51)C1CCCCC41. The van der Waals surface area contributed by atoms with Gasteiger partial charge in [-0.2, -0.15) is 0 Å². The number of nitrogens with one attached hydrogen (secondary N) is 16. The van der Waals surface area contributed by atoms with Crippen molar-refractivity contribution in [1.29, 1.82) is 0 Å². The smallest absolute Gasteiger partial charge is 0.286 e. The van der Waals surface area contributed by atoms with Crippen LogP contribution in [0.2, 0.25) is 0 Å².